The van der Waals surface area contributed by atoms with Gasteiger partial charge in [0.15, 0.2) is 0 Å². The van der Waals surface area contributed by atoms with Crippen molar-refractivity contribution in [2.24, 2.45) is 0 Å². The number of para-hydroxylation sites is 1. The molecule has 0 aliphatic heterocycles. The summed E-state index contributed by atoms with van der Waals surface area (Å²) in [5, 5.41) is 0.919. The van der Waals surface area contributed by atoms with Crippen molar-refractivity contribution < 1.29 is 4.74 Å². The van der Waals surface area contributed by atoms with Crippen molar-refractivity contribution in [1.29, 1.82) is 0 Å². The van der Waals surface area contributed by atoms with Crippen molar-refractivity contribution in [2.45, 2.75) is 32.8 Å². The van der Waals surface area contributed by atoms with Gasteiger partial charge in [0.05, 0.1) is 28.7 Å². The Morgan fingerprint density at radius 1 is 1.16 bits per heavy atom. The third kappa shape index (κ3) is 3.15. The highest BCUT2D eigenvalue weighted by atomic mass is 16.5. The van der Waals surface area contributed by atoms with Gasteiger partial charge in [-0.2, -0.15) is 0 Å². The number of benzene rings is 1. The molecule has 0 amide bonds. The van der Waals surface area contributed by atoms with Crippen molar-refractivity contribution in [3.63, 3.8) is 0 Å². The summed E-state index contributed by atoms with van der Waals surface area (Å²) >= 11 is 0. The Kier molecular flexibility index (Phi) is 4.22. The molecular formula is C15H21N3O. The van der Waals surface area contributed by atoms with Gasteiger partial charge in [-0.3, -0.25) is 4.98 Å². The fourth-order valence-corrected chi connectivity index (χ4v) is 2.05. The van der Waals surface area contributed by atoms with Crippen LogP contribution in [-0.4, -0.2) is 17.7 Å². The number of aromatic nitrogens is 1. The van der Waals surface area contributed by atoms with E-state index in [0.29, 0.717) is 18.0 Å². The minimum Gasteiger partial charge on any atom is -0.396 e. The Morgan fingerprint density at radius 2 is 1.89 bits per heavy atom. The smallest absolute Gasteiger partial charge is 0.0773 e. The first-order valence-corrected chi connectivity index (χ1v) is 6.63. The summed E-state index contributed by atoms with van der Waals surface area (Å²) < 4.78 is 5.52. The van der Waals surface area contributed by atoms with E-state index in [1.807, 2.05) is 38.1 Å². The first kappa shape index (κ1) is 13.6. The highest BCUT2D eigenvalue weighted by molar-refractivity contribution is 5.96. The number of nitrogens with two attached hydrogens (primary N) is 2. The molecule has 4 nitrogen and oxygen atoms in total. The van der Waals surface area contributed by atoms with E-state index >= 15 is 0 Å². The van der Waals surface area contributed by atoms with E-state index in [-0.39, 0.29) is 6.10 Å². The average Bonchev–Trinajstić information content (AvgIpc) is 2.40. The number of nitrogens with zero attached hydrogens (tertiary/aromatic N) is 1. The van der Waals surface area contributed by atoms with E-state index in [4.69, 9.17) is 16.2 Å². The third-order valence-corrected chi connectivity index (χ3v) is 3.06. The first-order valence-electron chi connectivity index (χ1n) is 6.63. The van der Waals surface area contributed by atoms with Gasteiger partial charge in [0.2, 0.25) is 0 Å². The maximum absolute atomic E-state index is 6.08. The molecule has 4 N–H and O–H groups in total. The Hall–Kier alpha value is -1.81. The molecule has 0 unspecified atom stereocenters. The van der Waals surface area contributed by atoms with Crippen molar-refractivity contribution in [2.75, 3.05) is 18.1 Å². The van der Waals surface area contributed by atoms with Crippen molar-refractivity contribution in [3.8, 4) is 0 Å². The average molecular weight is 259 g/mol. The van der Waals surface area contributed by atoms with Gasteiger partial charge in [-0.05, 0) is 32.8 Å². The van der Waals surface area contributed by atoms with Gasteiger partial charge in [0, 0.05) is 12.0 Å². The van der Waals surface area contributed by atoms with Crippen LogP contribution in [0, 0.1) is 0 Å². The monoisotopic (exact) mass is 259 g/mol. The molecule has 0 saturated carbocycles. The second kappa shape index (κ2) is 5.89. The van der Waals surface area contributed by atoms with Crippen LogP contribution in [0.1, 0.15) is 26.0 Å². The summed E-state index contributed by atoms with van der Waals surface area (Å²) in [6.45, 7) is 4.77. The van der Waals surface area contributed by atoms with Crippen molar-refractivity contribution in [3.05, 3.63) is 30.0 Å². The molecular weight excluding hydrogens is 238 g/mol. The fourth-order valence-electron chi connectivity index (χ4n) is 2.05. The van der Waals surface area contributed by atoms with Gasteiger partial charge in [-0.25, -0.2) is 0 Å². The minimum atomic E-state index is 0.256. The molecule has 0 aliphatic rings. The lowest BCUT2D eigenvalue weighted by Crippen LogP contribution is -2.08. The Morgan fingerprint density at radius 3 is 2.63 bits per heavy atom. The number of hydrogen-bond acceptors (Lipinski definition) is 4. The predicted octanol–water partition coefficient (Wildman–Crippen LogP) is 2.76. The van der Waals surface area contributed by atoms with E-state index in [1.54, 1.807) is 0 Å². The largest absolute Gasteiger partial charge is 0.396 e. The van der Waals surface area contributed by atoms with Crippen molar-refractivity contribution in [1.82, 2.24) is 4.98 Å². The lowest BCUT2D eigenvalue weighted by atomic mass is 10.1. The molecule has 0 saturated heterocycles. The van der Waals surface area contributed by atoms with E-state index in [1.165, 1.54) is 0 Å². The van der Waals surface area contributed by atoms with Gasteiger partial charge in [0.1, 0.15) is 0 Å². The number of aryl methyl sites for hydroxylation is 1. The second-order valence-electron chi connectivity index (χ2n) is 4.93. The molecule has 2 aromatic rings. The lowest BCUT2D eigenvalue weighted by Gasteiger charge is -2.11. The highest BCUT2D eigenvalue weighted by Gasteiger charge is 2.09. The third-order valence-electron chi connectivity index (χ3n) is 3.06. The van der Waals surface area contributed by atoms with Crippen LogP contribution >= 0.6 is 0 Å². The molecule has 19 heavy (non-hydrogen) atoms. The maximum Gasteiger partial charge on any atom is 0.0773 e. The van der Waals surface area contributed by atoms with Gasteiger partial charge in [-0.1, -0.05) is 18.2 Å². The summed E-state index contributed by atoms with van der Waals surface area (Å²) in [6, 6.07) is 7.80. The maximum atomic E-state index is 6.08. The molecule has 2 rings (SSSR count). The molecule has 0 bridgehead atoms. The molecule has 0 spiro atoms. The number of pyridine rings is 1. The molecule has 0 radical (unpaired) electrons. The quantitative estimate of drug-likeness (QED) is 0.810. The number of fused-ring (bicyclic) bond motifs is 1. The van der Waals surface area contributed by atoms with Crippen molar-refractivity contribution >= 4 is 22.3 Å². The minimum absolute atomic E-state index is 0.256. The standard InChI is InChI=1S/C15H21N3O/c1-10(2)19-9-5-8-13-15(17)14(16)11-6-3-4-7-12(11)18-13/h3-4,6-7,10H,5,8-9,17H2,1-2H3,(H2,16,18). The van der Waals surface area contributed by atoms with Crippen LogP contribution in [-0.2, 0) is 11.2 Å². The molecule has 0 atom stereocenters. The normalized spacial score (nSPS) is 11.3. The zero-order valence-corrected chi connectivity index (χ0v) is 11.5. The number of anilines is 2. The number of rotatable bonds is 5. The fraction of sp³-hybridized carbons (Fsp3) is 0.400. The molecule has 102 valence electrons. The second-order valence-corrected chi connectivity index (χ2v) is 4.93. The number of ether oxygens (including phenoxy) is 1. The Labute approximate surface area is 113 Å². The van der Waals surface area contributed by atoms with E-state index in [0.717, 1.165) is 29.4 Å². The van der Waals surface area contributed by atoms with Crippen LogP contribution in [0.5, 0.6) is 0 Å². The molecule has 1 aromatic heterocycles. The topological polar surface area (TPSA) is 74.2 Å². The van der Waals surface area contributed by atoms with Gasteiger partial charge >= 0.3 is 0 Å². The Bertz CT molecular complexity index is 567. The summed E-state index contributed by atoms with van der Waals surface area (Å²) in [5.74, 6) is 0. The van der Waals surface area contributed by atoms with Crippen LogP contribution in [0.4, 0.5) is 11.4 Å². The Balaban J connectivity index is 2.17. The van der Waals surface area contributed by atoms with Crippen LogP contribution in [0.2, 0.25) is 0 Å². The van der Waals surface area contributed by atoms with Gasteiger partial charge < -0.3 is 16.2 Å². The van der Waals surface area contributed by atoms with Gasteiger partial charge in [0.25, 0.3) is 0 Å². The molecule has 0 aliphatic carbocycles. The lowest BCUT2D eigenvalue weighted by molar-refractivity contribution is 0.0771. The summed E-state index contributed by atoms with van der Waals surface area (Å²) in [6.07, 6.45) is 1.94. The van der Waals surface area contributed by atoms with E-state index in [9.17, 15) is 0 Å². The SMILES string of the molecule is CC(C)OCCCc1nc2ccccc2c(N)c1N. The van der Waals surface area contributed by atoms with Gasteiger partial charge in [-0.15, -0.1) is 0 Å². The molecule has 4 heteroatoms. The number of hydrogen-bond donors (Lipinski definition) is 2. The first-order chi connectivity index (χ1) is 9.09. The van der Waals surface area contributed by atoms with Crippen LogP contribution in [0.3, 0.4) is 0 Å². The predicted molar refractivity (Wildman–Crippen MR) is 80.0 cm³/mol. The summed E-state index contributed by atoms with van der Waals surface area (Å²) in [5.41, 5.74) is 15.1. The zero-order chi connectivity index (χ0) is 13.8. The summed E-state index contributed by atoms with van der Waals surface area (Å²) in [7, 11) is 0. The van der Waals surface area contributed by atoms with Crippen LogP contribution in [0.25, 0.3) is 10.9 Å². The zero-order valence-electron chi connectivity index (χ0n) is 11.5. The summed E-state index contributed by atoms with van der Waals surface area (Å²) in [4.78, 5) is 4.59. The van der Waals surface area contributed by atoms with E-state index < -0.39 is 0 Å². The van der Waals surface area contributed by atoms with E-state index in [2.05, 4.69) is 4.98 Å². The van der Waals surface area contributed by atoms with Crippen LogP contribution in [0.15, 0.2) is 24.3 Å². The van der Waals surface area contributed by atoms with Crippen LogP contribution < -0.4 is 11.5 Å². The molecule has 1 heterocycles. The highest BCUT2D eigenvalue weighted by Crippen LogP contribution is 2.28. The molecule has 0 fully saturated rings. The molecule has 1 aromatic carbocycles. The number of nitrogen functional groups attached to an aromatic ring is 2.